The predicted octanol–water partition coefficient (Wildman–Crippen LogP) is 2.35. The molecule has 0 atom stereocenters. The van der Waals surface area contributed by atoms with Gasteiger partial charge in [-0.2, -0.15) is 18.4 Å². The van der Waals surface area contributed by atoms with Crippen LogP contribution in [0.4, 0.5) is 13.2 Å². The van der Waals surface area contributed by atoms with E-state index in [0.717, 1.165) is 24.0 Å². The number of carbonyl (C=O) groups excluding carboxylic acids is 1. The SMILES string of the molecule is CCN(CCC#N)C(=O)CSc1nccc(C(F)(F)F)n1. The molecule has 0 saturated heterocycles. The van der Waals surface area contributed by atoms with E-state index in [1.54, 1.807) is 6.92 Å². The van der Waals surface area contributed by atoms with Gasteiger partial charge in [0.05, 0.1) is 18.2 Å². The fraction of sp³-hybridized carbons (Fsp3) is 0.500. The lowest BCUT2D eigenvalue weighted by molar-refractivity contribution is -0.141. The molecule has 0 saturated carbocycles. The highest BCUT2D eigenvalue weighted by molar-refractivity contribution is 7.99. The summed E-state index contributed by atoms with van der Waals surface area (Å²) in [7, 11) is 0. The van der Waals surface area contributed by atoms with Crippen molar-refractivity contribution in [2.75, 3.05) is 18.8 Å². The van der Waals surface area contributed by atoms with Gasteiger partial charge in [-0.05, 0) is 13.0 Å². The second kappa shape index (κ2) is 7.83. The number of amides is 1. The first kappa shape index (κ1) is 17.2. The summed E-state index contributed by atoms with van der Waals surface area (Å²) in [6, 6.07) is 2.71. The van der Waals surface area contributed by atoms with E-state index in [9.17, 15) is 18.0 Å². The molecule has 1 heterocycles. The van der Waals surface area contributed by atoms with Crippen LogP contribution in [0.1, 0.15) is 19.0 Å². The molecule has 114 valence electrons. The highest BCUT2D eigenvalue weighted by atomic mass is 32.2. The molecule has 0 N–H and O–H groups in total. The number of rotatable bonds is 6. The largest absolute Gasteiger partial charge is 0.433 e. The topological polar surface area (TPSA) is 69.9 Å². The zero-order chi connectivity index (χ0) is 15.9. The molecule has 1 aromatic heterocycles. The maximum absolute atomic E-state index is 12.5. The van der Waals surface area contributed by atoms with Crippen molar-refractivity contribution in [3.8, 4) is 6.07 Å². The van der Waals surface area contributed by atoms with Crippen LogP contribution in [0.5, 0.6) is 0 Å². The van der Waals surface area contributed by atoms with Gasteiger partial charge in [0.1, 0.15) is 5.69 Å². The minimum absolute atomic E-state index is 0.0689. The van der Waals surface area contributed by atoms with Crippen molar-refractivity contribution in [1.29, 1.82) is 5.26 Å². The number of hydrogen-bond donors (Lipinski definition) is 0. The Balaban J connectivity index is 2.62. The number of nitrogens with zero attached hydrogens (tertiary/aromatic N) is 4. The van der Waals surface area contributed by atoms with Crippen LogP contribution in [0.3, 0.4) is 0 Å². The monoisotopic (exact) mass is 318 g/mol. The average molecular weight is 318 g/mol. The van der Waals surface area contributed by atoms with Crippen molar-refractivity contribution in [2.24, 2.45) is 0 Å². The van der Waals surface area contributed by atoms with E-state index in [1.807, 2.05) is 6.07 Å². The Morgan fingerprint density at radius 2 is 2.24 bits per heavy atom. The van der Waals surface area contributed by atoms with Gasteiger partial charge in [-0.15, -0.1) is 0 Å². The van der Waals surface area contributed by atoms with E-state index in [4.69, 9.17) is 5.26 Å². The Bertz CT molecular complexity index is 530. The molecule has 1 amide bonds. The Morgan fingerprint density at radius 3 is 2.81 bits per heavy atom. The van der Waals surface area contributed by atoms with Crippen LogP contribution in [-0.2, 0) is 11.0 Å². The molecule has 0 aliphatic rings. The molecule has 5 nitrogen and oxygen atoms in total. The molecule has 0 aromatic carbocycles. The van der Waals surface area contributed by atoms with E-state index in [0.29, 0.717) is 13.1 Å². The molecule has 0 fully saturated rings. The zero-order valence-electron chi connectivity index (χ0n) is 11.2. The zero-order valence-corrected chi connectivity index (χ0v) is 12.0. The van der Waals surface area contributed by atoms with Crippen molar-refractivity contribution in [2.45, 2.75) is 24.7 Å². The van der Waals surface area contributed by atoms with Gasteiger partial charge in [0.15, 0.2) is 5.16 Å². The highest BCUT2D eigenvalue weighted by Gasteiger charge is 2.32. The molecule has 0 aliphatic heterocycles. The minimum Gasteiger partial charge on any atom is -0.341 e. The third-order valence-corrected chi connectivity index (χ3v) is 3.32. The van der Waals surface area contributed by atoms with E-state index >= 15 is 0 Å². The van der Waals surface area contributed by atoms with Crippen molar-refractivity contribution >= 4 is 17.7 Å². The third-order valence-electron chi connectivity index (χ3n) is 2.48. The summed E-state index contributed by atoms with van der Waals surface area (Å²) in [5, 5.41) is 8.39. The van der Waals surface area contributed by atoms with E-state index in [1.165, 1.54) is 4.90 Å². The van der Waals surface area contributed by atoms with Gasteiger partial charge in [-0.25, -0.2) is 9.97 Å². The Labute approximate surface area is 124 Å². The summed E-state index contributed by atoms with van der Waals surface area (Å²) in [5.74, 6) is -0.334. The van der Waals surface area contributed by atoms with Crippen LogP contribution >= 0.6 is 11.8 Å². The molecule has 0 unspecified atom stereocenters. The van der Waals surface area contributed by atoms with Crippen LogP contribution in [0.25, 0.3) is 0 Å². The third kappa shape index (κ3) is 5.59. The van der Waals surface area contributed by atoms with Crippen LogP contribution in [0.2, 0.25) is 0 Å². The summed E-state index contributed by atoms with van der Waals surface area (Å²) in [4.78, 5) is 20.4. The molecule has 0 radical (unpaired) electrons. The fourth-order valence-electron chi connectivity index (χ4n) is 1.43. The van der Waals surface area contributed by atoms with E-state index in [-0.39, 0.29) is 23.2 Å². The summed E-state index contributed by atoms with van der Waals surface area (Å²) < 4.78 is 37.5. The van der Waals surface area contributed by atoms with E-state index in [2.05, 4.69) is 9.97 Å². The van der Waals surface area contributed by atoms with Gasteiger partial charge in [0.25, 0.3) is 0 Å². The van der Waals surface area contributed by atoms with Crippen LogP contribution in [0.15, 0.2) is 17.4 Å². The second-order valence-corrected chi connectivity index (χ2v) is 4.83. The second-order valence-electron chi connectivity index (χ2n) is 3.89. The van der Waals surface area contributed by atoms with Crippen LogP contribution in [0, 0.1) is 11.3 Å². The molecular formula is C12H13F3N4OS. The fourth-order valence-corrected chi connectivity index (χ4v) is 2.16. The molecule has 0 bridgehead atoms. The first-order valence-corrected chi connectivity index (χ1v) is 7.04. The number of carbonyl (C=O) groups is 1. The summed E-state index contributed by atoms with van der Waals surface area (Å²) >= 11 is 0.840. The number of hydrogen-bond acceptors (Lipinski definition) is 5. The Kier molecular flexibility index (Phi) is 6.42. The van der Waals surface area contributed by atoms with Gasteiger partial charge in [0.2, 0.25) is 5.91 Å². The molecule has 21 heavy (non-hydrogen) atoms. The standard InChI is InChI=1S/C12H13F3N4OS/c1-2-19(7-3-5-16)10(20)8-21-11-17-6-4-9(18-11)12(13,14)15/h4,6H,2-3,7-8H2,1H3. The first-order valence-electron chi connectivity index (χ1n) is 6.06. The van der Waals surface area contributed by atoms with Crippen molar-refractivity contribution in [1.82, 2.24) is 14.9 Å². The normalized spacial score (nSPS) is 11.0. The maximum atomic E-state index is 12.5. The number of thioether (sulfide) groups is 1. The Morgan fingerprint density at radius 1 is 1.52 bits per heavy atom. The lowest BCUT2D eigenvalue weighted by Gasteiger charge is -2.18. The molecule has 0 spiro atoms. The van der Waals surface area contributed by atoms with Crippen molar-refractivity contribution in [3.63, 3.8) is 0 Å². The van der Waals surface area contributed by atoms with Gasteiger partial charge in [0, 0.05) is 19.3 Å². The lowest BCUT2D eigenvalue weighted by Crippen LogP contribution is -2.33. The Hall–Kier alpha value is -1.82. The molecule has 1 rings (SSSR count). The highest BCUT2D eigenvalue weighted by Crippen LogP contribution is 2.28. The van der Waals surface area contributed by atoms with Gasteiger partial charge >= 0.3 is 6.18 Å². The van der Waals surface area contributed by atoms with E-state index < -0.39 is 11.9 Å². The molecule has 9 heteroatoms. The van der Waals surface area contributed by atoms with Crippen molar-refractivity contribution < 1.29 is 18.0 Å². The summed E-state index contributed by atoms with van der Waals surface area (Å²) in [6.07, 6.45) is -3.31. The number of nitriles is 1. The molecular weight excluding hydrogens is 305 g/mol. The predicted molar refractivity (Wildman–Crippen MR) is 70.2 cm³/mol. The average Bonchev–Trinajstić information content (AvgIpc) is 2.45. The number of aromatic nitrogens is 2. The smallest absolute Gasteiger partial charge is 0.341 e. The molecule has 0 aliphatic carbocycles. The van der Waals surface area contributed by atoms with Gasteiger partial charge in [-0.1, -0.05) is 11.8 Å². The summed E-state index contributed by atoms with van der Waals surface area (Å²) in [5.41, 5.74) is -1.04. The first-order chi connectivity index (χ1) is 9.88. The molecule has 1 aromatic rings. The van der Waals surface area contributed by atoms with Gasteiger partial charge < -0.3 is 4.90 Å². The van der Waals surface area contributed by atoms with Crippen LogP contribution < -0.4 is 0 Å². The van der Waals surface area contributed by atoms with Crippen molar-refractivity contribution in [3.05, 3.63) is 18.0 Å². The maximum Gasteiger partial charge on any atom is 0.433 e. The quantitative estimate of drug-likeness (QED) is 0.595. The number of alkyl halides is 3. The van der Waals surface area contributed by atoms with Gasteiger partial charge in [-0.3, -0.25) is 4.79 Å². The summed E-state index contributed by atoms with van der Waals surface area (Å²) in [6.45, 7) is 2.50. The minimum atomic E-state index is -4.54. The lowest BCUT2D eigenvalue weighted by atomic mass is 10.4. The van der Waals surface area contributed by atoms with Crippen LogP contribution in [-0.4, -0.2) is 39.6 Å². The number of halogens is 3.